The average Bonchev–Trinajstić information content (AvgIpc) is 3.36. The molecule has 3 fully saturated rings. The summed E-state index contributed by atoms with van der Waals surface area (Å²) in [5.74, 6) is 1.02. The van der Waals surface area contributed by atoms with Crippen molar-refractivity contribution < 1.29 is 14.3 Å². The van der Waals surface area contributed by atoms with Crippen LogP contribution in [0, 0.1) is 5.92 Å². The van der Waals surface area contributed by atoms with E-state index in [1.807, 2.05) is 11.8 Å². The van der Waals surface area contributed by atoms with Gasteiger partial charge in [0.1, 0.15) is 0 Å². The molecule has 0 aromatic carbocycles. The fourth-order valence-corrected chi connectivity index (χ4v) is 3.87. The normalized spacial score (nSPS) is 29.7. The Labute approximate surface area is 138 Å². The molecule has 3 rings (SSSR count). The SMILES string of the molecule is CCOC(=O)N1CCN(C)[C@@]2(CCC(=O)N(CC3CC3)CC2)C1. The van der Waals surface area contributed by atoms with Crippen LogP contribution in [0.1, 0.15) is 39.0 Å². The van der Waals surface area contributed by atoms with Crippen LogP contribution in [0.3, 0.4) is 0 Å². The van der Waals surface area contributed by atoms with E-state index in [0.717, 1.165) is 38.4 Å². The highest BCUT2D eigenvalue weighted by Crippen LogP contribution is 2.35. The summed E-state index contributed by atoms with van der Waals surface area (Å²) in [5.41, 5.74) is -0.0844. The Bertz CT molecular complexity index is 466. The molecular weight excluding hydrogens is 294 g/mol. The van der Waals surface area contributed by atoms with Gasteiger partial charge in [-0.2, -0.15) is 0 Å². The number of carbonyl (C=O) groups is 2. The van der Waals surface area contributed by atoms with E-state index in [1.54, 1.807) is 0 Å². The first-order valence-electron chi connectivity index (χ1n) is 8.95. The fourth-order valence-electron chi connectivity index (χ4n) is 3.87. The number of likely N-dealkylation sites (N-methyl/N-ethyl adjacent to an activating group) is 1. The number of nitrogens with zero attached hydrogens (tertiary/aromatic N) is 3. The van der Waals surface area contributed by atoms with Gasteiger partial charge >= 0.3 is 6.09 Å². The summed E-state index contributed by atoms with van der Waals surface area (Å²) in [6.45, 7) is 6.21. The van der Waals surface area contributed by atoms with Crippen LogP contribution in [0.4, 0.5) is 4.79 Å². The molecule has 6 nitrogen and oxygen atoms in total. The van der Waals surface area contributed by atoms with Crippen molar-refractivity contribution in [3.63, 3.8) is 0 Å². The average molecular weight is 323 g/mol. The number of carbonyl (C=O) groups excluding carboxylic acids is 2. The zero-order valence-corrected chi connectivity index (χ0v) is 14.4. The van der Waals surface area contributed by atoms with Crippen molar-refractivity contribution in [3.8, 4) is 0 Å². The van der Waals surface area contributed by atoms with E-state index in [-0.39, 0.29) is 17.5 Å². The minimum atomic E-state index is -0.217. The van der Waals surface area contributed by atoms with Crippen LogP contribution in [0.15, 0.2) is 0 Å². The van der Waals surface area contributed by atoms with Gasteiger partial charge in [-0.15, -0.1) is 0 Å². The molecule has 1 saturated carbocycles. The quantitative estimate of drug-likeness (QED) is 0.791. The number of hydrogen-bond donors (Lipinski definition) is 0. The lowest BCUT2D eigenvalue weighted by Crippen LogP contribution is -2.62. The zero-order chi connectivity index (χ0) is 16.4. The topological polar surface area (TPSA) is 53.1 Å². The summed E-state index contributed by atoms with van der Waals surface area (Å²) in [5, 5.41) is 0. The first kappa shape index (κ1) is 16.6. The van der Waals surface area contributed by atoms with Gasteiger partial charge in [0.2, 0.25) is 5.91 Å². The highest BCUT2D eigenvalue weighted by atomic mass is 16.6. The van der Waals surface area contributed by atoms with E-state index in [1.165, 1.54) is 12.8 Å². The van der Waals surface area contributed by atoms with Gasteiger partial charge in [-0.25, -0.2) is 4.79 Å². The second-order valence-electron chi connectivity index (χ2n) is 7.30. The lowest BCUT2D eigenvalue weighted by atomic mass is 9.86. The van der Waals surface area contributed by atoms with Crippen LogP contribution >= 0.6 is 0 Å². The summed E-state index contributed by atoms with van der Waals surface area (Å²) in [7, 11) is 2.13. The predicted octanol–water partition coefficient (Wildman–Crippen LogP) is 1.55. The molecule has 0 unspecified atom stereocenters. The van der Waals surface area contributed by atoms with Crippen LogP contribution in [-0.2, 0) is 9.53 Å². The van der Waals surface area contributed by atoms with Crippen LogP contribution in [0.2, 0.25) is 0 Å². The smallest absolute Gasteiger partial charge is 0.409 e. The van der Waals surface area contributed by atoms with Gasteiger partial charge in [-0.05, 0) is 45.6 Å². The van der Waals surface area contributed by atoms with E-state index in [0.29, 0.717) is 26.1 Å². The molecule has 0 N–H and O–H groups in total. The molecule has 1 spiro atoms. The molecule has 0 bridgehead atoms. The van der Waals surface area contributed by atoms with Crippen LogP contribution in [-0.4, -0.2) is 78.6 Å². The van der Waals surface area contributed by atoms with E-state index in [4.69, 9.17) is 4.74 Å². The van der Waals surface area contributed by atoms with Gasteiger partial charge in [0, 0.05) is 44.7 Å². The van der Waals surface area contributed by atoms with Crippen LogP contribution in [0.25, 0.3) is 0 Å². The lowest BCUT2D eigenvalue weighted by molar-refractivity contribution is -0.130. The standard InChI is InChI=1S/C17H29N3O3/c1-3-23-16(22)20-11-10-18(2)17(13-20)7-6-15(21)19(9-8-17)12-14-4-5-14/h14H,3-13H2,1-2H3/t17-/m1/s1. The van der Waals surface area contributed by atoms with Gasteiger partial charge in [0.05, 0.1) is 6.61 Å². The highest BCUT2D eigenvalue weighted by Gasteiger charge is 2.44. The maximum absolute atomic E-state index is 12.4. The van der Waals surface area contributed by atoms with E-state index >= 15 is 0 Å². The molecule has 2 amide bonds. The number of piperazine rings is 1. The Morgan fingerprint density at radius 3 is 2.74 bits per heavy atom. The molecule has 1 aliphatic carbocycles. The van der Waals surface area contributed by atoms with Gasteiger partial charge < -0.3 is 14.5 Å². The second-order valence-corrected chi connectivity index (χ2v) is 7.30. The van der Waals surface area contributed by atoms with E-state index < -0.39 is 0 Å². The maximum atomic E-state index is 12.4. The molecule has 130 valence electrons. The highest BCUT2D eigenvalue weighted by molar-refractivity contribution is 5.76. The van der Waals surface area contributed by atoms with Gasteiger partial charge in [-0.3, -0.25) is 9.69 Å². The third kappa shape index (κ3) is 3.62. The molecule has 0 radical (unpaired) electrons. The minimum absolute atomic E-state index is 0.0844. The molecule has 1 atom stereocenters. The fraction of sp³-hybridized carbons (Fsp3) is 0.882. The van der Waals surface area contributed by atoms with Crippen LogP contribution < -0.4 is 0 Å². The summed E-state index contributed by atoms with van der Waals surface area (Å²) in [6, 6.07) is 0. The Morgan fingerprint density at radius 1 is 1.26 bits per heavy atom. The van der Waals surface area contributed by atoms with Gasteiger partial charge in [-0.1, -0.05) is 0 Å². The zero-order valence-electron chi connectivity index (χ0n) is 14.4. The number of likely N-dealkylation sites (tertiary alicyclic amines) is 1. The third-order valence-electron chi connectivity index (χ3n) is 5.71. The third-order valence-corrected chi connectivity index (χ3v) is 5.71. The molecule has 3 aliphatic rings. The minimum Gasteiger partial charge on any atom is -0.450 e. The Hall–Kier alpha value is -1.30. The summed E-state index contributed by atoms with van der Waals surface area (Å²) < 4.78 is 5.18. The molecule has 2 heterocycles. The number of amides is 2. The molecule has 6 heteroatoms. The van der Waals surface area contributed by atoms with Crippen molar-refractivity contribution in [2.24, 2.45) is 5.92 Å². The second kappa shape index (κ2) is 6.67. The molecule has 23 heavy (non-hydrogen) atoms. The van der Waals surface area contributed by atoms with Crippen molar-refractivity contribution in [1.29, 1.82) is 0 Å². The lowest BCUT2D eigenvalue weighted by Gasteiger charge is -2.48. The maximum Gasteiger partial charge on any atom is 0.409 e. The summed E-state index contributed by atoms with van der Waals surface area (Å²) in [4.78, 5) is 30.8. The van der Waals surface area contributed by atoms with Gasteiger partial charge in [0.25, 0.3) is 0 Å². The molecule has 0 aromatic heterocycles. The first-order chi connectivity index (χ1) is 11.0. The van der Waals surface area contributed by atoms with Crippen molar-refractivity contribution >= 4 is 12.0 Å². The molecule has 0 aromatic rings. The number of rotatable bonds is 3. The predicted molar refractivity (Wildman–Crippen MR) is 87.1 cm³/mol. The first-order valence-corrected chi connectivity index (χ1v) is 8.95. The monoisotopic (exact) mass is 323 g/mol. The number of hydrogen-bond acceptors (Lipinski definition) is 4. The van der Waals surface area contributed by atoms with E-state index in [2.05, 4.69) is 16.8 Å². The molecule has 2 aliphatic heterocycles. The van der Waals surface area contributed by atoms with Crippen molar-refractivity contribution in [1.82, 2.24) is 14.7 Å². The van der Waals surface area contributed by atoms with Crippen molar-refractivity contribution in [2.45, 2.75) is 44.6 Å². The largest absolute Gasteiger partial charge is 0.450 e. The Balaban J connectivity index is 1.68. The molecule has 2 saturated heterocycles. The number of ether oxygens (including phenoxy) is 1. The summed E-state index contributed by atoms with van der Waals surface area (Å²) >= 11 is 0. The van der Waals surface area contributed by atoms with E-state index in [9.17, 15) is 9.59 Å². The molecular formula is C17H29N3O3. The van der Waals surface area contributed by atoms with Crippen molar-refractivity contribution in [3.05, 3.63) is 0 Å². The summed E-state index contributed by atoms with van der Waals surface area (Å²) in [6.07, 6.45) is 4.69. The van der Waals surface area contributed by atoms with Crippen LogP contribution in [0.5, 0.6) is 0 Å². The van der Waals surface area contributed by atoms with Crippen molar-refractivity contribution in [2.75, 3.05) is 46.4 Å². The van der Waals surface area contributed by atoms with Gasteiger partial charge in [0.15, 0.2) is 0 Å². The Kier molecular flexibility index (Phi) is 4.80. The Morgan fingerprint density at radius 2 is 2.04 bits per heavy atom.